The second-order valence-electron chi connectivity index (χ2n) is 2.55. The lowest BCUT2D eigenvalue weighted by molar-refractivity contribution is -0.155. The van der Waals surface area contributed by atoms with Crippen molar-refractivity contribution in [3.05, 3.63) is 0 Å². The molecule has 2 bridgehead atoms. The molecule has 0 aromatic carbocycles. The van der Waals surface area contributed by atoms with Crippen LogP contribution in [0.15, 0.2) is 0 Å². The van der Waals surface area contributed by atoms with Gasteiger partial charge in [-0.15, -0.1) is 0 Å². The fourth-order valence-corrected chi connectivity index (χ4v) is 1.50. The van der Waals surface area contributed by atoms with Crippen molar-refractivity contribution in [2.24, 2.45) is 0 Å². The highest BCUT2D eigenvalue weighted by molar-refractivity contribution is 4.82. The van der Waals surface area contributed by atoms with Gasteiger partial charge in [-0.1, -0.05) is 13.8 Å². The fourth-order valence-electron chi connectivity index (χ4n) is 1.50. The van der Waals surface area contributed by atoms with E-state index in [0.717, 1.165) is 0 Å². The van der Waals surface area contributed by atoms with Crippen molar-refractivity contribution in [3.63, 3.8) is 0 Å². The second kappa shape index (κ2) is 3.21. The average Bonchev–Trinajstić information content (AvgIpc) is 1.93. The molecule has 1 nitrogen and oxygen atoms in total. The first-order valence-corrected chi connectivity index (χ1v) is 4.10. The molecule has 2 aliphatic heterocycles. The number of rotatable bonds is 0. The Morgan fingerprint density at radius 1 is 1.11 bits per heavy atom. The molecule has 0 radical (unpaired) electrons. The van der Waals surface area contributed by atoms with Crippen LogP contribution in [-0.2, 0) is 4.74 Å². The molecular formula is C8H16O. The van der Waals surface area contributed by atoms with Gasteiger partial charge in [0.25, 0.3) is 0 Å². The average molecular weight is 128 g/mol. The maximum Gasteiger partial charge on any atom is 0.0603 e. The van der Waals surface area contributed by atoms with Crippen LogP contribution in [0.4, 0.5) is 0 Å². The maximum atomic E-state index is 5.38. The highest BCUT2D eigenvalue weighted by Gasteiger charge is 2.33. The zero-order valence-corrected chi connectivity index (χ0v) is 6.39. The Kier molecular flexibility index (Phi) is 2.52. The van der Waals surface area contributed by atoms with E-state index >= 15 is 0 Å². The molecule has 0 spiro atoms. The second-order valence-corrected chi connectivity index (χ2v) is 2.55. The molecule has 1 aliphatic carbocycles. The van der Waals surface area contributed by atoms with E-state index in [1.54, 1.807) is 0 Å². The van der Waals surface area contributed by atoms with Crippen LogP contribution in [-0.4, -0.2) is 12.2 Å². The van der Waals surface area contributed by atoms with Crippen LogP contribution in [0.1, 0.15) is 39.5 Å². The van der Waals surface area contributed by atoms with E-state index < -0.39 is 0 Å². The lowest BCUT2D eigenvalue weighted by Crippen LogP contribution is -2.41. The van der Waals surface area contributed by atoms with Crippen molar-refractivity contribution in [1.82, 2.24) is 0 Å². The van der Waals surface area contributed by atoms with Gasteiger partial charge < -0.3 is 4.74 Å². The minimum Gasteiger partial charge on any atom is -0.375 e. The molecule has 0 aromatic rings. The molecule has 3 fully saturated rings. The van der Waals surface area contributed by atoms with Crippen LogP contribution in [0.3, 0.4) is 0 Å². The van der Waals surface area contributed by atoms with Crippen molar-refractivity contribution in [2.45, 2.75) is 51.7 Å². The third-order valence-corrected chi connectivity index (χ3v) is 1.96. The molecule has 3 rings (SSSR count). The summed E-state index contributed by atoms with van der Waals surface area (Å²) in [5.41, 5.74) is 0. The molecule has 3 aliphatic rings. The molecule has 2 unspecified atom stereocenters. The molecule has 1 heteroatoms. The van der Waals surface area contributed by atoms with Gasteiger partial charge in [0, 0.05) is 0 Å². The molecule has 54 valence electrons. The van der Waals surface area contributed by atoms with Crippen LogP contribution in [0, 0.1) is 0 Å². The number of fused-ring (bicyclic) bond motifs is 2. The van der Waals surface area contributed by atoms with Crippen molar-refractivity contribution in [3.8, 4) is 0 Å². The molecule has 2 atom stereocenters. The summed E-state index contributed by atoms with van der Waals surface area (Å²) < 4.78 is 5.38. The summed E-state index contributed by atoms with van der Waals surface area (Å²) in [6, 6.07) is 0. The number of ether oxygens (including phenoxy) is 1. The maximum absolute atomic E-state index is 5.38. The highest BCUT2D eigenvalue weighted by Crippen LogP contribution is 2.33. The highest BCUT2D eigenvalue weighted by atomic mass is 16.5. The Labute approximate surface area is 57.4 Å². The molecule has 0 N–H and O–H groups in total. The minimum atomic E-state index is 0.679. The van der Waals surface area contributed by atoms with Gasteiger partial charge in [0.2, 0.25) is 0 Å². The van der Waals surface area contributed by atoms with Gasteiger partial charge >= 0.3 is 0 Å². The summed E-state index contributed by atoms with van der Waals surface area (Å²) in [4.78, 5) is 0. The normalized spacial score (nSPS) is 38.0. The third kappa shape index (κ3) is 1.45. The van der Waals surface area contributed by atoms with Gasteiger partial charge in [0.1, 0.15) is 0 Å². The first-order chi connectivity index (χ1) is 4.45. The van der Waals surface area contributed by atoms with Gasteiger partial charge in [-0.2, -0.15) is 0 Å². The fraction of sp³-hybridized carbons (Fsp3) is 1.00. The van der Waals surface area contributed by atoms with Gasteiger partial charge in [-0.3, -0.25) is 0 Å². The van der Waals surface area contributed by atoms with Crippen LogP contribution >= 0.6 is 0 Å². The van der Waals surface area contributed by atoms with Crippen LogP contribution in [0.2, 0.25) is 0 Å². The first kappa shape index (κ1) is 7.07. The number of hydrogen-bond acceptors (Lipinski definition) is 1. The van der Waals surface area contributed by atoms with Crippen LogP contribution in [0.25, 0.3) is 0 Å². The Morgan fingerprint density at radius 2 is 1.56 bits per heavy atom. The lowest BCUT2D eigenvalue weighted by Gasteiger charge is -2.41. The predicted octanol–water partition coefficient (Wildman–Crippen LogP) is 2.35. The van der Waals surface area contributed by atoms with Crippen LogP contribution in [0.5, 0.6) is 0 Å². The molecule has 0 amide bonds. The van der Waals surface area contributed by atoms with E-state index in [1.807, 2.05) is 13.8 Å². The summed E-state index contributed by atoms with van der Waals surface area (Å²) in [5.74, 6) is 0. The van der Waals surface area contributed by atoms with E-state index in [1.165, 1.54) is 25.7 Å². The summed E-state index contributed by atoms with van der Waals surface area (Å²) in [7, 11) is 0. The Hall–Kier alpha value is -0.0400. The van der Waals surface area contributed by atoms with E-state index in [2.05, 4.69) is 0 Å². The van der Waals surface area contributed by atoms with Crippen molar-refractivity contribution >= 4 is 0 Å². The SMILES string of the molecule is C1CC2CC(C1)O2.CC. The van der Waals surface area contributed by atoms with E-state index in [4.69, 9.17) is 4.74 Å². The molecule has 2 heterocycles. The molecular weight excluding hydrogens is 112 g/mol. The minimum absolute atomic E-state index is 0.679. The monoisotopic (exact) mass is 128 g/mol. The van der Waals surface area contributed by atoms with E-state index in [9.17, 15) is 0 Å². The summed E-state index contributed by atoms with van der Waals surface area (Å²) >= 11 is 0. The summed E-state index contributed by atoms with van der Waals surface area (Å²) in [5, 5.41) is 0. The topological polar surface area (TPSA) is 9.23 Å². The van der Waals surface area contributed by atoms with Gasteiger partial charge in [-0.25, -0.2) is 0 Å². The van der Waals surface area contributed by atoms with Gasteiger partial charge in [0.05, 0.1) is 12.2 Å². The summed E-state index contributed by atoms with van der Waals surface area (Å²) in [6.07, 6.45) is 6.79. The van der Waals surface area contributed by atoms with Gasteiger partial charge in [0.15, 0.2) is 0 Å². The summed E-state index contributed by atoms with van der Waals surface area (Å²) in [6.45, 7) is 4.00. The first-order valence-electron chi connectivity index (χ1n) is 4.10. The van der Waals surface area contributed by atoms with Crippen LogP contribution < -0.4 is 0 Å². The molecule has 1 saturated carbocycles. The largest absolute Gasteiger partial charge is 0.375 e. The zero-order chi connectivity index (χ0) is 6.69. The number of hydrogen-bond donors (Lipinski definition) is 0. The smallest absolute Gasteiger partial charge is 0.0603 e. The molecule has 2 saturated heterocycles. The van der Waals surface area contributed by atoms with E-state index in [0.29, 0.717) is 12.2 Å². The van der Waals surface area contributed by atoms with E-state index in [-0.39, 0.29) is 0 Å². The predicted molar refractivity (Wildman–Crippen MR) is 38.5 cm³/mol. The third-order valence-electron chi connectivity index (χ3n) is 1.96. The van der Waals surface area contributed by atoms with Gasteiger partial charge in [-0.05, 0) is 25.7 Å². The Balaban J connectivity index is 0.000000186. The Bertz CT molecular complexity index is 61.1. The molecule has 0 aromatic heterocycles. The quantitative estimate of drug-likeness (QED) is 0.486. The lowest BCUT2D eigenvalue weighted by atomic mass is 9.89. The zero-order valence-electron chi connectivity index (χ0n) is 6.39. The van der Waals surface area contributed by atoms with Crippen molar-refractivity contribution in [1.29, 1.82) is 0 Å². The Morgan fingerprint density at radius 3 is 1.67 bits per heavy atom. The standard InChI is InChI=1S/C6H10O.C2H6/c1-2-5-4-6(3-1)7-5;1-2/h5-6H,1-4H2;1-2H3. The van der Waals surface area contributed by atoms with Crippen molar-refractivity contribution in [2.75, 3.05) is 0 Å². The molecule has 9 heavy (non-hydrogen) atoms. The van der Waals surface area contributed by atoms with Crippen molar-refractivity contribution < 1.29 is 4.74 Å².